The third-order valence-corrected chi connectivity index (χ3v) is 5.78. The van der Waals surface area contributed by atoms with Crippen LogP contribution in [0.4, 0.5) is 0 Å². The highest BCUT2D eigenvalue weighted by Gasteiger charge is 2.21. The van der Waals surface area contributed by atoms with E-state index < -0.39 is 0 Å². The third-order valence-electron chi connectivity index (χ3n) is 4.72. The predicted molar refractivity (Wildman–Crippen MR) is 110 cm³/mol. The Hall–Kier alpha value is -2.28. The molecule has 0 bridgehead atoms. The highest BCUT2D eigenvalue weighted by molar-refractivity contribution is 7.11. The molecule has 2 heterocycles. The number of hydrogen-bond donors (Lipinski definition) is 1. The molecule has 0 saturated carbocycles. The van der Waals surface area contributed by atoms with Crippen molar-refractivity contribution in [2.75, 3.05) is 27.3 Å². The summed E-state index contributed by atoms with van der Waals surface area (Å²) in [7, 11) is 3.36. The second-order valence-corrected chi connectivity index (χ2v) is 7.85. The van der Waals surface area contributed by atoms with Gasteiger partial charge in [0.15, 0.2) is 17.5 Å². The summed E-state index contributed by atoms with van der Waals surface area (Å²) in [4.78, 5) is 12.9. The lowest BCUT2D eigenvalue weighted by Gasteiger charge is -2.32. The molecular formula is C20H28N4O2S. The minimum atomic E-state index is 0.662. The number of benzene rings is 1. The molecule has 3 rings (SSSR count). The fourth-order valence-electron chi connectivity index (χ4n) is 3.36. The van der Waals surface area contributed by atoms with Gasteiger partial charge in [-0.15, -0.1) is 11.3 Å². The topological polar surface area (TPSA) is 59.0 Å². The Morgan fingerprint density at radius 1 is 1.22 bits per heavy atom. The lowest BCUT2D eigenvalue weighted by Crippen LogP contribution is -2.44. The number of hydrogen-bond acceptors (Lipinski definition) is 5. The van der Waals surface area contributed by atoms with Crippen LogP contribution in [0, 0.1) is 13.8 Å². The summed E-state index contributed by atoms with van der Waals surface area (Å²) in [5, 5.41) is 4.53. The van der Waals surface area contributed by atoms with Gasteiger partial charge < -0.3 is 19.7 Å². The molecular weight excluding hydrogens is 360 g/mol. The number of nitrogens with zero attached hydrogens (tertiary/aromatic N) is 3. The van der Waals surface area contributed by atoms with Gasteiger partial charge in [0, 0.05) is 24.5 Å². The van der Waals surface area contributed by atoms with E-state index in [-0.39, 0.29) is 0 Å². The first-order chi connectivity index (χ1) is 13.0. The van der Waals surface area contributed by atoms with Crippen molar-refractivity contribution < 1.29 is 9.47 Å². The predicted octanol–water partition coefficient (Wildman–Crippen LogP) is 3.30. The molecule has 0 amide bonds. The highest BCUT2D eigenvalue weighted by atomic mass is 32.1. The number of guanidine groups is 1. The molecule has 1 aliphatic heterocycles. The van der Waals surface area contributed by atoms with Crippen molar-refractivity contribution in [3.8, 4) is 11.5 Å². The maximum atomic E-state index is 5.47. The molecule has 6 nitrogen and oxygen atoms in total. The second kappa shape index (κ2) is 8.61. The van der Waals surface area contributed by atoms with Crippen LogP contribution in [0.3, 0.4) is 0 Å². The van der Waals surface area contributed by atoms with E-state index in [1.54, 1.807) is 25.6 Å². The number of aryl methyl sites for hydroxylation is 2. The molecule has 1 N–H and O–H groups in total. The Morgan fingerprint density at radius 2 is 1.93 bits per heavy atom. The van der Waals surface area contributed by atoms with E-state index in [0.717, 1.165) is 54.2 Å². The second-order valence-electron chi connectivity index (χ2n) is 6.56. The van der Waals surface area contributed by atoms with Crippen LogP contribution in [0.1, 0.15) is 33.6 Å². The SMILES string of the molecule is CCNC(=NCc1sc(C)nc1C)N1CCc2cc(OC)c(OC)cc2C1. The van der Waals surface area contributed by atoms with Crippen molar-refractivity contribution in [1.82, 2.24) is 15.2 Å². The van der Waals surface area contributed by atoms with Gasteiger partial charge in [-0.1, -0.05) is 0 Å². The molecule has 0 radical (unpaired) electrons. The lowest BCUT2D eigenvalue weighted by molar-refractivity contribution is 0.346. The van der Waals surface area contributed by atoms with E-state index in [1.165, 1.54) is 16.0 Å². The summed E-state index contributed by atoms with van der Waals surface area (Å²) in [6.07, 6.45) is 0.957. The molecule has 0 atom stereocenters. The van der Waals surface area contributed by atoms with Gasteiger partial charge in [0.25, 0.3) is 0 Å². The van der Waals surface area contributed by atoms with Crippen molar-refractivity contribution in [2.24, 2.45) is 4.99 Å². The van der Waals surface area contributed by atoms with Crippen LogP contribution < -0.4 is 14.8 Å². The van der Waals surface area contributed by atoms with E-state index in [2.05, 4.69) is 41.2 Å². The van der Waals surface area contributed by atoms with E-state index in [1.807, 2.05) is 6.92 Å². The zero-order chi connectivity index (χ0) is 19.4. The molecule has 0 unspecified atom stereocenters. The monoisotopic (exact) mass is 388 g/mol. The average Bonchev–Trinajstić information content (AvgIpc) is 3.00. The largest absolute Gasteiger partial charge is 0.493 e. The van der Waals surface area contributed by atoms with E-state index in [0.29, 0.717) is 6.54 Å². The van der Waals surface area contributed by atoms with Crippen LogP contribution >= 0.6 is 11.3 Å². The third kappa shape index (κ3) is 4.35. The van der Waals surface area contributed by atoms with Crippen molar-refractivity contribution in [2.45, 2.75) is 40.3 Å². The summed E-state index contributed by atoms with van der Waals surface area (Å²) >= 11 is 1.72. The van der Waals surface area contributed by atoms with Crippen molar-refractivity contribution in [3.63, 3.8) is 0 Å². The normalized spacial score (nSPS) is 14.1. The zero-order valence-electron chi connectivity index (χ0n) is 16.8. The molecule has 27 heavy (non-hydrogen) atoms. The summed E-state index contributed by atoms with van der Waals surface area (Å²) in [6, 6.07) is 4.18. The minimum Gasteiger partial charge on any atom is -0.493 e. The first-order valence-corrected chi connectivity index (χ1v) is 10.1. The summed E-state index contributed by atoms with van der Waals surface area (Å²) in [5.74, 6) is 2.51. The fraction of sp³-hybridized carbons (Fsp3) is 0.500. The summed E-state index contributed by atoms with van der Waals surface area (Å²) < 4.78 is 10.9. The Morgan fingerprint density at radius 3 is 2.52 bits per heavy atom. The van der Waals surface area contributed by atoms with Crippen LogP contribution in [0.2, 0.25) is 0 Å². The molecule has 1 aliphatic rings. The fourth-order valence-corrected chi connectivity index (χ4v) is 4.22. The molecule has 7 heteroatoms. The van der Waals surface area contributed by atoms with Crippen LogP contribution in [-0.2, 0) is 19.5 Å². The van der Waals surface area contributed by atoms with Crippen molar-refractivity contribution >= 4 is 17.3 Å². The van der Waals surface area contributed by atoms with Gasteiger partial charge in [-0.2, -0.15) is 0 Å². The minimum absolute atomic E-state index is 0.662. The van der Waals surface area contributed by atoms with Gasteiger partial charge in [-0.3, -0.25) is 0 Å². The quantitative estimate of drug-likeness (QED) is 0.629. The number of methoxy groups -OCH3 is 2. The molecule has 0 saturated heterocycles. The Labute approximate surface area is 165 Å². The number of ether oxygens (including phenoxy) is 2. The highest BCUT2D eigenvalue weighted by Crippen LogP contribution is 2.33. The molecule has 146 valence electrons. The van der Waals surface area contributed by atoms with E-state index >= 15 is 0 Å². The smallest absolute Gasteiger partial charge is 0.194 e. The Balaban J connectivity index is 1.81. The van der Waals surface area contributed by atoms with Gasteiger partial charge in [0.1, 0.15) is 0 Å². The first-order valence-electron chi connectivity index (χ1n) is 9.25. The van der Waals surface area contributed by atoms with Crippen LogP contribution in [0.25, 0.3) is 0 Å². The zero-order valence-corrected chi connectivity index (χ0v) is 17.6. The van der Waals surface area contributed by atoms with Gasteiger partial charge in [-0.25, -0.2) is 9.98 Å². The number of fused-ring (bicyclic) bond motifs is 1. The van der Waals surface area contributed by atoms with Crippen molar-refractivity contribution in [1.29, 1.82) is 0 Å². The van der Waals surface area contributed by atoms with Gasteiger partial charge in [-0.05, 0) is 50.5 Å². The van der Waals surface area contributed by atoms with Gasteiger partial charge in [0.2, 0.25) is 0 Å². The number of aromatic nitrogens is 1. The van der Waals surface area contributed by atoms with Crippen LogP contribution in [0.15, 0.2) is 17.1 Å². The van der Waals surface area contributed by atoms with Crippen molar-refractivity contribution in [3.05, 3.63) is 38.8 Å². The van der Waals surface area contributed by atoms with E-state index in [4.69, 9.17) is 14.5 Å². The summed E-state index contributed by atoms with van der Waals surface area (Å²) in [5.41, 5.74) is 3.65. The Kier molecular flexibility index (Phi) is 6.21. The molecule has 1 aromatic carbocycles. The van der Waals surface area contributed by atoms with Gasteiger partial charge in [0.05, 0.1) is 31.5 Å². The molecule has 0 fully saturated rings. The maximum Gasteiger partial charge on any atom is 0.194 e. The average molecular weight is 389 g/mol. The molecule has 0 spiro atoms. The standard InChI is InChI=1S/C20H28N4O2S/c1-6-21-20(22-11-19-13(2)23-14(3)27-19)24-8-7-15-9-17(25-4)18(26-5)10-16(15)12-24/h9-10H,6-8,11-12H2,1-5H3,(H,21,22). The molecule has 1 aromatic heterocycles. The summed E-state index contributed by atoms with van der Waals surface area (Å²) in [6.45, 7) is 9.43. The number of rotatable bonds is 5. The van der Waals surface area contributed by atoms with Crippen LogP contribution in [0.5, 0.6) is 11.5 Å². The van der Waals surface area contributed by atoms with Crippen LogP contribution in [-0.4, -0.2) is 43.2 Å². The number of thiazole rings is 1. The van der Waals surface area contributed by atoms with Gasteiger partial charge >= 0.3 is 0 Å². The lowest BCUT2D eigenvalue weighted by atomic mass is 9.99. The molecule has 2 aromatic rings. The first kappa shape index (κ1) is 19.5. The molecule has 0 aliphatic carbocycles. The number of nitrogens with one attached hydrogen (secondary N) is 1. The maximum absolute atomic E-state index is 5.47. The Bertz CT molecular complexity index is 832. The number of aliphatic imine (C=N–C) groups is 1. The van der Waals surface area contributed by atoms with E-state index in [9.17, 15) is 0 Å².